The largest absolute Gasteiger partial charge is 0.270 e. The maximum atomic E-state index is 14.1. The monoisotopic (exact) mass is 375 g/mol. The molecule has 0 bridgehead atoms. The van der Waals surface area contributed by atoms with Gasteiger partial charge in [0, 0.05) is 10.6 Å². The predicted octanol–water partition coefficient (Wildman–Crippen LogP) is 4.41. The smallest absolute Gasteiger partial charge is 0.267 e. The van der Waals surface area contributed by atoms with Gasteiger partial charge >= 0.3 is 0 Å². The van der Waals surface area contributed by atoms with Crippen LogP contribution in [0, 0.1) is 11.9 Å². The molecule has 134 valence electrons. The van der Waals surface area contributed by atoms with Gasteiger partial charge in [0.05, 0.1) is 17.8 Å². The average Bonchev–Trinajstić information content (AvgIpc) is 2.58. The molecule has 0 N–H and O–H groups in total. The Morgan fingerprint density at radius 2 is 1.81 bits per heavy atom. The van der Waals surface area contributed by atoms with E-state index in [1.54, 1.807) is 24.3 Å². The summed E-state index contributed by atoms with van der Waals surface area (Å²) in [5.41, 5.74) is 1.33. The van der Waals surface area contributed by atoms with Crippen molar-refractivity contribution in [3.8, 4) is 11.3 Å². The topological polar surface area (TPSA) is 47.8 Å². The molecule has 0 saturated carbocycles. The highest BCUT2D eigenvalue weighted by molar-refractivity contribution is 6.30. The highest BCUT2D eigenvalue weighted by Gasteiger charge is 2.16. The Labute approximate surface area is 154 Å². The van der Waals surface area contributed by atoms with E-state index >= 15 is 0 Å². The molecule has 2 heterocycles. The van der Waals surface area contributed by atoms with Crippen molar-refractivity contribution in [1.29, 1.82) is 0 Å². The first-order valence-electron chi connectivity index (χ1n) is 8.04. The highest BCUT2D eigenvalue weighted by atomic mass is 35.5. The Hall–Kier alpha value is -2.60. The third kappa shape index (κ3) is 3.80. The third-order valence-electron chi connectivity index (χ3n) is 3.96. The van der Waals surface area contributed by atoms with Crippen LogP contribution >= 0.6 is 11.6 Å². The van der Waals surface area contributed by atoms with Crippen molar-refractivity contribution in [3.05, 3.63) is 80.9 Å². The number of hydrogen-bond donors (Lipinski definition) is 0. The fourth-order valence-electron chi connectivity index (χ4n) is 2.58. The van der Waals surface area contributed by atoms with Gasteiger partial charge in [0.2, 0.25) is 11.9 Å². The summed E-state index contributed by atoms with van der Waals surface area (Å²) < 4.78 is 28.5. The van der Waals surface area contributed by atoms with Crippen LogP contribution in [-0.2, 0) is 6.54 Å². The van der Waals surface area contributed by atoms with Crippen molar-refractivity contribution in [2.75, 3.05) is 0 Å². The molecule has 0 spiro atoms. The van der Waals surface area contributed by atoms with Crippen molar-refractivity contribution < 1.29 is 8.78 Å². The summed E-state index contributed by atoms with van der Waals surface area (Å²) in [4.78, 5) is 15.9. The van der Waals surface area contributed by atoms with Crippen LogP contribution in [-0.4, -0.2) is 14.8 Å². The average molecular weight is 376 g/mol. The molecule has 0 saturated heterocycles. The molecule has 0 atom stereocenters. The molecule has 0 fully saturated rings. The molecule has 7 heteroatoms. The number of halogens is 3. The molecular weight excluding hydrogens is 360 g/mol. The van der Waals surface area contributed by atoms with Crippen molar-refractivity contribution in [1.82, 2.24) is 14.8 Å². The van der Waals surface area contributed by atoms with E-state index in [1.807, 2.05) is 13.8 Å². The molecule has 0 aliphatic carbocycles. The third-order valence-corrected chi connectivity index (χ3v) is 4.21. The molecule has 3 aromatic rings. The van der Waals surface area contributed by atoms with E-state index in [1.165, 1.54) is 16.8 Å². The molecule has 3 rings (SSSR count). The number of benzene rings is 1. The fourth-order valence-corrected chi connectivity index (χ4v) is 2.71. The van der Waals surface area contributed by atoms with Gasteiger partial charge in [-0.15, -0.1) is 0 Å². The lowest BCUT2D eigenvalue weighted by atomic mass is 10.0. The highest BCUT2D eigenvalue weighted by Crippen LogP contribution is 2.22. The zero-order valence-corrected chi connectivity index (χ0v) is 15.0. The number of hydrogen-bond acceptors (Lipinski definition) is 3. The first-order valence-corrected chi connectivity index (χ1v) is 8.42. The van der Waals surface area contributed by atoms with Gasteiger partial charge in [-0.2, -0.15) is 18.9 Å². The Kier molecular flexibility index (Phi) is 5.13. The number of nitrogens with zero attached hydrogens (tertiary/aromatic N) is 3. The number of aromatic nitrogens is 3. The summed E-state index contributed by atoms with van der Waals surface area (Å²) in [6, 6.07) is 10.9. The summed E-state index contributed by atoms with van der Waals surface area (Å²) in [6.07, 6.45) is 0. The fraction of sp³-hybridized carbons (Fsp3) is 0.211. The summed E-state index contributed by atoms with van der Waals surface area (Å²) in [6.45, 7) is 3.94. The molecule has 0 radical (unpaired) electrons. The van der Waals surface area contributed by atoms with Gasteiger partial charge in [-0.25, -0.2) is 4.68 Å². The van der Waals surface area contributed by atoms with Crippen LogP contribution in [0.3, 0.4) is 0 Å². The molecule has 0 aliphatic rings. The summed E-state index contributed by atoms with van der Waals surface area (Å²) >= 11 is 5.88. The predicted molar refractivity (Wildman–Crippen MR) is 96.3 cm³/mol. The molecule has 1 aromatic carbocycles. The Balaban J connectivity index is 2.13. The second kappa shape index (κ2) is 7.33. The second-order valence-electron chi connectivity index (χ2n) is 6.20. The van der Waals surface area contributed by atoms with Crippen molar-refractivity contribution >= 4 is 11.6 Å². The van der Waals surface area contributed by atoms with Crippen LogP contribution < -0.4 is 5.56 Å². The van der Waals surface area contributed by atoms with E-state index in [2.05, 4.69) is 10.1 Å². The minimum Gasteiger partial charge on any atom is -0.267 e. The lowest BCUT2D eigenvalue weighted by Crippen LogP contribution is -2.28. The Bertz CT molecular complexity index is 1000. The molecule has 0 amide bonds. The van der Waals surface area contributed by atoms with E-state index < -0.39 is 11.9 Å². The summed E-state index contributed by atoms with van der Waals surface area (Å²) in [5.74, 6) is -1.97. The molecule has 2 aromatic heterocycles. The van der Waals surface area contributed by atoms with Crippen LogP contribution in [0.5, 0.6) is 0 Å². The van der Waals surface area contributed by atoms with E-state index in [0.29, 0.717) is 10.6 Å². The van der Waals surface area contributed by atoms with Crippen LogP contribution in [0.2, 0.25) is 5.02 Å². The van der Waals surface area contributed by atoms with Crippen LogP contribution in [0.4, 0.5) is 8.78 Å². The first-order chi connectivity index (χ1) is 12.3. The Morgan fingerprint density at radius 3 is 2.42 bits per heavy atom. The minimum atomic E-state index is -0.969. The molecule has 0 unspecified atom stereocenters. The van der Waals surface area contributed by atoms with Gasteiger partial charge in [-0.3, -0.25) is 4.79 Å². The van der Waals surface area contributed by atoms with Gasteiger partial charge in [0.25, 0.3) is 5.56 Å². The van der Waals surface area contributed by atoms with Gasteiger partial charge < -0.3 is 0 Å². The molecule has 26 heavy (non-hydrogen) atoms. The molecule has 0 aliphatic heterocycles. The van der Waals surface area contributed by atoms with Crippen molar-refractivity contribution in [2.45, 2.75) is 26.3 Å². The normalized spacial score (nSPS) is 11.2. The van der Waals surface area contributed by atoms with E-state index in [4.69, 9.17) is 11.6 Å². The maximum Gasteiger partial charge on any atom is 0.270 e. The van der Waals surface area contributed by atoms with Crippen molar-refractivity contribution in [3.63, 3.8) is 0 Å². The number of pyridine rings is 1. The van der Waals surface area contributed by atoms with E-state index in [0.717, 1.165) is 11.6 Å². The van der Waals surface area contributed by atoms with Crippen LogP contribution in [0.1, 0.15) is 30.9 Å². The molecular formula is C19H16ClF2N3O. The van der Waals surface area contributed by atoms with Crippen LogP contribution in [0.25, 0.3) is 11.3 Å². The Morgan fingerprint density at radius 1 is 1.12 bits per heavy atom. The first kappa shape index (κ1) is 18.2. The maximum absolute atomic E-state index is 14.1. The van der Waals surface area contributed by atoms with Gasteiger partial charge in [0.1, 0.15) is 0 Å². The quantitative estimate of drug-likeness (QED) is 0.635. The zero-order chi connectivity index (χ0) is 18.8. The van der Waals surface area contributed by atoms with Crippen molar-refractivity contribution in [2.24, 2.45) is 0 Å². The summed E-state index contributed by atoms with van der Waals surface area (Å²) in [7, 11) is 0. The van der Waals surface area contributed by atoms with Gasteiger partial charge in [-0.1, -0.05) is 37.6 Å². The van der Waals surface area contributed by atoms with E-state index in [9.17, 15) is 13.6 Å². The standard InChI is InChI=1S/C19H16ClF2N3O/c1-11(2)15-9-16(14-7-8-17(21)23-18(14)22)24-25(19(15)26)10-12-3-5-13(20)6-4-12/h3-9,11H,10H2,1-2H3. The SMILES string of the molecule is CC(C)c1cc(-c2ccc(F)nc2F)nn(Cc2ccc(Cl)cc2)c1=O. The second-order valence-corrected chi connectivity index (χ2v) is 6.64. The molecule has 4 nitrogen and oxygen atoms in total. The lowest BCUT2D eigenvalue weighted by Gasteiger charge is -2.13. The number of rotatable bonds is 4. The van der Waals surface area contributed by atoms with Crippen LogP contribution in [0.15, 0.2) is 47.3 Å². The van der Waals surface area contributed by atoms with E-state index in [-0.39, 0.29) is 29.3 Å². The summed E-state index contributed by atoms with van der Waals surface area (Å²) in [5, 5.41) is 4.85. The van der Waals surface area contributed by atoms with Gasteiger partial charge in [-0.05, 0) is 41.8 Å². The lowest BCUT2D eigenvalue weighted by molar-refractivity contribution is 0.514. The van der Waals surface area contributed by atoms with Gasteiger partial charge in [0.15, 0.2) is 0 Å². The zero-order valence-electron chi connectivity index (χ0n) is 14.2. The minimum absolute atomic E-state index is 0.0400.